The second kappa shape index (κ2) is 7.67. The van der Waals surface area contributed by atoms with Crippen molar-refractivity contribution in [2.24, 2.45) is 0 Å². The molecule has 0 radical (unpaired) electrons. The summed E-state index contributed by atoms with van der Waals surface area (Å²) in [7, 11) is 0. The highest BCUT2D eigenvalue weighted by atomic mass is 14.9. The van der Waals surface area contributed by atoms with E-state index in [1.54, 1.807) is 12.4 Å². The molecular weight excluding hydrogens is 232 g/mol. The van der Waals surface area contributed by atoms with E-state index in [2.05, 4.69) is 10.3 Å². The molecule has 0 aliphatic carbocycles. The monoisotopic (exact) mass is 248 g/mol. The van der Waals surface area contributed by atoms with Gasteiger partial charge in [-0.05, 0) is 36.4 Å². The Morgan fingerprint density at radius 3 is 1.26 bits per heavy atom. The molecule has 0 atom stereocenters. The molecular formula is C17H16N2. The van der Waals surface area contributed by atoms with Gasteiger partial charge in [-0.25, -0.2) is 0 Å². The molecule has 0 bridgehead atoms. The molecule has 1 heterocycles. The number of nitrogens with one attached hydrogen (secondary N) is 1. The zero-order chi connectivity index (χ0) is 13.2. The molecule has 0 saturated carbocycles. The zero-order valence-corrected chi connectivity index (χ0v) is 10.6. The van der Waals surface area contributed by atoms with Crippen molar-refractivity contribution in [1.29, 1.82) is 0 Å². The molecule has 0 aliphatic rings. The van der Waals surface area contributed by atoms with Crippen molar-refractivity contribution in [1.82, 2.24) is 4.98 Å². The van der Waals surface area contributed by atoms with Crippen molar-refractivity contribution in [2.75, 3.05) is 5.32 Å². The molecule has 0 fully saturated rings. The van der Waals surface area contributed by atoms with E-state index in [1.165, 1.54) is 0 Å². The first-order valence-corrected chi connectivity index (χ1v) is 6.17. The lowest BCUT2D eigenvalue weighted by Crippen LogP contribution is -1.87. The topological polar surface area (TPSA) is 24.9 Å². The van der Waals surface area contributed by atoms with E-state index in [-0.39, 0.29) is 0 Å². The third kappa shape index (κ3) is 5.04. The van der Waals surface area contributed by atoms with Crippen LogP contribution in [0.1, 0.15) is 0 Å². The van der Waals surface area contributed by atoms with Gasteiger partial charge in [-0.15, -0.1) is 0 Å². The molecule has 0 unspecified atom stereocenters. The van der Waals surface area contributed by atoms with Gasteiger partial charge in [-0.2, -0.15) is 0 Å². The number of anilines is 2. The van der Waals surface area contributed by atoms with Crippen LogP contribution in [0.25, 0.3) is 0 Å². The van der Waals surface area contributed by atoms with E-state index >= 15 is 0 Å². The minimum absolute atomic E-state index is 1.12. The Hall–Kier alpha value is -2.61. The van der Waals surface area contributed by atoms with Gasteiger partial charge in [0.2, 0.25) is 0 Å². The quantitative estimate of drug-likeness (QED) is 0.721. The van der Waals surface area contributed by atoms with Crippen LogP contribution in [0.2, 0.25) is 0 Å². The molecule has 0 spiro atoms. The molecule has 0 saturated heterocycles. The van der Waals surface area contributed by atoms with Crippen LogP contribution in [-0.4, -0.2) is 4.98 Å². The van der Waals surface area contributed by atoms with Gasteiger partial charge in [0.05, 0.1) is 0 Å². The summed E-state index contributed by atoms with van der Waals surface area (Å²) in [5.41, 5.74) is 2.24. The van der Waals surface area contributed by atoms with Gasteiger partial charge in [0, 0.05) is 23.8 Å². The fourth-order valence-electron chi connectivity index (χ4n) is 1.52. The third-order valence-corrected chi connectivity index (χ3v) is 2.40. The molecule has 3 rings (SSSR count). The predicted molar refractivity (Wildman–Crippen MR) is 80.4 cm³/mol. The molecule has 3 aromatic rings. The highest BCUT2D eigenvalue weighted by molar-refractivity contribution is 5.58. The van der Waals surface area contributed by atoms with E-state index in [1.807, 2.05) is 78.9 Å². The first-order valence-electron chi connectivity index (χ1n) is 6.17. The third-order valence-electron chi connectivity index (χ3n) is 2.40. The molecule has 1 N–H and O–H groups in total. The van der Waals surface area contributed by atoms with Gasteiger partial charge >= 0.3 is 0 Å². The number of aromatic nitrogens is 1. The van der Waals surface area contributed by atoms with Crippen LogP contribution in [-0.2, 0) is 0 Å². The minimum atomic E-state index is 1.12. The van der Waals surface area contributed by atoms with Crippen molar-refractivity contribution < 1.29 is 0 Å². The maximum atomic E-state index is 3.78. The lowest BCUT2D eigenvalue weighted by Gasteiger charge is -2.04. The number of para-hydroxylation sites is 2. The highest BCUT2D eigenvalue weighted by Crippen LogP contribution is 2.14. The average Bonchev–Trinajstić information content (AvgIpc) is 2.52. The molecule has 0 amide bonds. The van der Waals surface area contributed by atoms with E-state index in [9.17, 15) is 0 Å². The maximum Gasteiger partial charge on any atom is 0.0384 e. The number of hydrogen-bond donors (Lipinski definition) is 1. The number of rotatable bonds is 2. The van der Waals surface area contributed by atoms with Crippen molar-refractivity contribution in [3.8, 4) is 0 Å². The SMILES string of the molecule is c1ccc(Nc2ccccc2)cc1.c1ccncc1. The standard InChI is InChI=1S/C12H11N.C5H5N/c1-3-7-11(8-4-1)13-12-9-5-2-6-10-12;1-2-4-6-5-3-1/h1-10,13H;1-5H. The molecule has 2 heteroatoms. The van der Waals surface area contributed by atoms with Gasteiger partial charge in [-0.1, -0.05) is 42.5 Å². The number of hydrogen-bond acceptors (Lipinski definition) is 2. The fourth-order valence-corrected chi connectivity index (χ4v) is 1.52. The van der Waals surface area contributed by atoms with Crippen LogP contribution >= 0.6 is 0 Å². The van der Waals surface area contributed by atoms with Gasteiger partial charge in [0.15, 0.2) is 0 Å². The fraction of sp³-hybridized carbons (Fsp3) is 0. The molecule has 2 nitrogen and oxygen atoms in total. The maximum absolute atomic E-state index is 3.78. The second-order valence-corrected chi connectivity index (χ2v) is 3.88. The van der Waals surface area contributed by atoms with Gasteiger partial charge in [0.25, 0.3) is 0 Å². The molecule has 94 valence electrons. The largest absolute Gasteiger partial charge is 0.356 e. The van der Waals surface area contributed by atoms with Gasteiger partial charge in [-0.3, -0.25) is 4.98 Å². The normalized spacial score (nSPS) is 9.05. The first kappa shape index (κ1) is 12.8. The van der Waals surface area contributed by atoms with E-state index < -0.39 is 0 Å². The highest BCUT2D eigenvalue weighted by Gasteiger charge is 1.89. The van der Waals surface area contributed by atoms with E-state index in [0.717, 1.165) is 11.4 Å². The Bertz CT molecular complexity index is 486. The summed E-state index contributed by atoms with van der Waals surface area (Å²) >= 11 is 0. The smallest absolute Gasteiger partial charge is 0.0384 e. The first-order chi connectivity index (χ1) is 9.45. The second-order valence-electron chi connectivity index (χ2n) is 3.88. The number of benzene rings is 2. The van der Waals surface area contributed by atoms with Crippen molar-refractivity contribution in [2.45, 2.75) is 0 Å². The predicted octanol–water partition coefficient (Wildman–Crippen LogP) is 4.51. The summed E-state index contributed by atoms with van der Waals surface area (Å²) in [4.78, 5) is 3.78. The minimum Gasteiger partial charge on any atom is -0.356 e. The van der Waals surface area contributed by atoms with Crippen LogP contribution in [0, 0.1) is 0 Å². The van der Waals surface area contributed by atoms with Crippen molar-refractivity contribution in [3.05, 3.63) is 91.3 Å². The van der Waals surface area contributed by atoms with Crippen LogP contribution < -0.4 is 5.32 Å². The zero-order valence-electron chi connectivity index (χ0n) is 10.6. The van der Waals surface area contributed by atoms with E-state index in [0.29, 0.717) is 0 Å². The van der Waals surface area contributed by atoms with Crippen LogP contribution in [0.5, 0.6) is 0 Å². The van der Waals surface area contributed by atoms with E-state index in [4.69, 9.17) is 0 Å². The molecule has 2 aromatic carbocycles. The summed E-state index contributed by atoms with van der Waals surface area (Å²) in [5, 5.41) is 3.30. The Morgan fingerprint density at radius 2 is 0.947 bits per heavy atom. The Balaban J connectivity index is 0.000000186. The summed E-state index contributed by atoms with van der Waals surface area (Å²) in [6, 6.07) is 26.0. The van der Waals surface area contributed by atoms with Crippen molar-refractivity contribution in [3.63, 3.8) is 0 Å². The summed E-state index contributed by atoms with van der Waals surface area (Å²) in [6.45, 7) is 0. The Labute approximate surface area is 113 Å². The van der Waals surface area contributed by atoms with Crippen LogP contribution in [0.4, 0.5) is 11.4 Å². The number of nitrogens with zero attached hydrogens (tertiary/aromatic N) is 1. The molecule has 1 aromatic heterocycles. The van der Waals surface area contributed by atoms with Crippen LogP contribution in [0.15, 0.2) is 91.3 Å². The van der Waals surface area contributed by atoms with Gasteiger partial charge < -0.3 is 5.32 Å². The van der Waals surface area contributed by atoms with Crippen molar-refractivity contribution >= 4 is 11.4 Å². The molecule has 0 aliphatic heterocycles. The van der Waals surface area contributed by atoms with Gasteiger partial charge in [0.1, 0.15) is 0 Å². The Kier molecular flexibility index (Phi) is 5.18. The summed E-state index contributed by atoms with van der Waals surface area (Å²) < 4.78 is 0. The van der Waals surface area contributed by atoms with Crippen LogP contribution in [0.3, 0.4) is 0 Å². The lowest BCUT2D eigenvalue weighted by molar-refractivity contribution is 1.33. The summed E-state index contributed by atoms with van der Waals surface area (Å²) in [6.07, 6.45) is 3.50. The Morgan fingerprint density at radius 1 is 0.526 bits per heavy atom. The lowest BCUT2D eigenvalue weighted by atomic mass is 10.3. The number of pyridine rings is 1. The average molecular weight is 248 g/mol. The molecule has 19 heavy (non-hydrogen) atoms. The summed E-state index contributed by atoms with van der Waals surface area (Å²) in [5.74, 6) is 0.